The molecule has 1 unspecified atom stereocenters. The van der Waals surface area contributed by atoms with Crippen LogP contribution in [0.15, 0.2) is 51.9 Å². The van der Waals surface area contributed by atoms with Crippen LogP contribution >= 0.6 is 0 Å². The van der Waals surface area contributed by atoms with E-state index >= 15 is 0 Å². The molecule has 0 amide bonds. The molecule has 2 aliphatic rings. The van der Waals surface area contributed by atoms with Crippen LogP contribution in [0.2, 0.25) is 0 Å². The Morgan fingerprint density at radius 2 is 2.50 bits per heavy atom. The van der Waals surface area contributed by atoms with Crippen molar-refractivity contribution < 1.29 is 4.42 Å². The van der Waals surface area contributed by atoms with Crippen molar-refractivity contribution in [1.29, 1.82) is 0 Å². The predicted molar refractivity (Wildman–Crippen MR) is 61.9 cm³/mol. The van der Waals surface area contributed by atoms with Gasteiger partial charge in [0.2, 0.25) is 0 Å². The van der Waals surface area contributed by atoms with E-state index in [0.29, 0.717) is 0 Å². The summed E-state index contributed by atoms with van der Waals surface area (Å²) in [5, 5.41) is 3.11. The monoisotopic (exact) mass is 215 g/mol. The normalized spacial score (nSPS) is 22.8. The van der Waals surface area contributed by atoms with Gasteiger partial charge in [-0.1, -0.05) is 0 Å². The maximum atomic E-state index is 5.38. The number of nitrogens with zero attached hydrogens (tertiary/aromatic N) is 2. The molecule has 4 heteroatoms. The maximum absolute atomic E-state index is 5.38. The van der Waals surface area contributed by atoms with Gasteiger partial charge in [-0.2, -0.15) is 0 Å². The fourth-order valence-corrected chi connectivity index (χ4v) is 1.96. The second kappa shape index (κ2) is 3.56. The number of rotatable bonds is 2. The molecule has 1 aromatic heterocycles. The van der Waals surface area contributed by atoms with Crippen LogP contribution in [0.3, 0.4) is 0 Å². The first-order chi connectivity index (χ1) is 7.86. The number of allylic oxidation sites excluding steroid dienone is 1. The Morgan fingerprint density at radius 3 is 3.25 bits per heavy atom. The SMILES string of the molecule is CNC1=CC2=NC(c3ccco3)CN2C=C1. The molecule has 0 spiro atoms. The van der Waals surface area contributed by atoms with E-state index in [2.05, 4.69) is 15.2 Å². The molecule has 4 nitrogen and oxygen atoms in total. The van der Waals surface area contributed by atoms with Gasteiger partial charge < -0.3 is 14.6 Å². The number of likely N-dealkylation sites (N-methyl/N-ethyl adjacent to an activating group) is 1. The zero-order chi connectivity index (χ0) is 11.0. The predicted octanol–water partition coefficient (Wildman–Crippen LogP) is 1.67. The highest BCUT2D eigenvalue weighted by Crippen LogP contribution is 2.27. The standard InChI is InChI=1S/C12H13N3O/c1-13-9-4-5-15-8-10(14-12(15)7-9)11-3-2-6-16-11/h2-7,10,13H,8H2,1H3. The largest absolute Gasteiger partial charge is 0.467 e. The minimum absolute atomic E-state index is 0.113. The summed E-state index contributed by atoms with van der Waals surface area (Å²) in [6.07, 6.45) is 7.83. The number of amidine groups is 1. The van der Waals surface area contributed by atoms with Crippen LogP contribution < -0.4 is 5.32 Å². The lowest BCUT2D eigenvalue weighted by Crippen LogP contribution is -2.25. The van der Waals surface area contributed by atoms with Crippen molar-refractivity contribution in [3.63, 3.8) is 0 Å². The van der Waals surface area contributed by atoms with Crippen LogP contribution in [0.25, 0.3) is 0 Å². The quantitative estimate of drug-likeness (QED) is 0.815. The molecule has 1 aromatic rings. The Labute approximate surface area is 94.0 Å². The third-order valence-corrected chi connectivity index (χ3v) is 2.83. The highest BCUT2D eigenvalue weighted by atomic mass is 16.3. The number of hydrogen-bond donors (Lipinski definition) is 1. The third-order valence-electron chi connectivity index (χ3n) is 2.83. The van der Waals surface area contributed by atoms with Crippen molar-refractivity contribution >= 4 is 5.84 Å². The Hall–Kier alpha value is -1.97. The minimum Gasteiger partial charge on any atom is -0.467 e. The van der Waals surface area contributed by atoms with E-state index in [1.54, 1.807) is 6.26 Å². The first-order valence-electron chi connectivity index (χ1n) is 5.32. The van der Waals surface area contributed by atoms with Crippen molar-refractivity contribution in [1.82, 2.24) is 10.2 Å². The molecule has 0 radical (unpaired) electrons. The van der Waals surface area contributed by atoms with Gasteiger partial charge in [0.15, 0.2) is 0 Å². The third kappa shape index (κ3) is 1.43. The summed E-state index contributed by atoms with van der Waals surface area (Å²) in [5.41, 5.74) is 1.08. The molecule has 16 heavy (non-hydrogen) atoms. The van der Waals surface area contributed by atoms with Crippen molar-refractivity contribution in [2.24, 2.45) is 4.99 Å². The zero-order valence-corrected chi connectivity index (χ0v) is 9.05. The molecule has 0 bridgehead atoms. The van der Waals surface area contributed by atoms with Gasteiger partial charge in [-0.3, -0.25) is 4.99 Å². The van der Waals surface area contributed by atoms with Gasteiger partial charge in [-0.25, -0.2) is 0 Å². The van der Waals surface area contributed by atoms with Crippen LogP contribution in [0.4, 0.5) is 0 Å². The molecule has 0 saturated heterocycles. The first-order valence-corrected chi connectivity index (χ1v) is 5.32. The van der Waals surface area contributed by atoms with Crippen molar-refractivity contribution in [3.05, 3.63) is 48.2 Å². The van der Waals surface area contributed by atoms with Crippen LogP contribution in [-0.2, 0) is 0 Å². The number of aliphatic imine (C=N–C) groups is 1. The minimum atomic E-state index is 0.113. The summed E-state index contributed by atoms with van der Waals surface area (Å²) in [6.45, 7) is 0.854. The Bertz CT molecular complexity index is 470. The molecule has 1 atom stereocenters. The van der Waals surface area contributed by atoms with Crippen LogP contribution in [0, 0.1) is 0 Å². The van der Waals surface area contributed by atoms with Crippen molar-refractivity contribution in [2.45, 2.75) is 6.04 Å². The Morgan fingerprint density at radius 1 is 1.56 bits per heavy atom. The number of furan rings is 1. The Kier molecular flexibility index (Phi) is 2.06. The van der Waals surface area contributed by atoms with Gasteiger partial charge in [0.25, 0.3) is 0 Å². The zero-order valence-electron chi connectivity index (χ0n) is 9.05. The van der Waals surface area contributed by atoms with Gasteiger partial charge in [-0.05, 0) is 18.2 Å². The molecule has 3 heterocycles. The molecule has 82 valence electrons. The number of fused-ring (bicyclic) bond motifs is 1. The molecular weight excluding hydrogens is 202 g/mol. The van der Waals surface area contributed by atoms with Gasteiger partial charge >= 0.3 is 0 Å². The average Bonchev–Trinajstić information content (AvgIpc) is 2.96. The van der Waals surface area contributed by atoms with E-state index in [1.165, 1.54) is 0 Å². The smallest absolute Gasteiger partial charge is 0.130 e. The molecule has 0 saturated carbocycles. The Balaban J connectivity index is 1.88. The molecule has 0 fully saturated rings. The highest BCUT2D eigenvalue weighted by Gasteiger charge is 2.26. The summed E-state index contributed by atoms with van der Waals surface area (Å²) in [7, 11) is 1.91. The van der Waals surface area contributed by atoms with E-state index in [0.717, 1.165) is 23.8 Å². The fourth-order valence-electron chi connectivity index (χ4n) is 1.96. The average molecular weight is 215 g/mol. The van der Waals surface area contributed by atoms with Crippen LogP contribution in [0.5, 0.6) is 0 Å². The summed E-state index contributed by atoms with van der Waals surface area (Å²) < 4.78 is 5.38. The second-order valence-corrected chi connectivity index (χ2v) is 3.84. The summed E-state index contributed by atoms with van der Waals surface area (Å²) in [4.78, 5) is 6.76. The lowest BCUT2D eigenvalue weighted by atomic mass is 10.2. The molecule has 0 aromatic carbocycles. The topological polar surface area (TPSA) is 40.8 Å². The summed E-state index contributed by atoms with van der Waals surface area (Å²) in [6, 6.07) is 3.99. The van der Waals surface area contributed by atoms with Gasteiger partial charge in [0, 0.05) is 25.0 Å². The van der Waals surface area contributed by atoms with Crippen LogP contribution in [-0.4, -0.2) is 24.3 Å². The van der Waals surface area contributed by atoms with Gasteiger partial charge in [-0.15, -0.1) is 0 Å². The lowest BCUT2D eigenvalue weighted by Gasteiger charge is -2.18. The maximum Gasteiger partial charge on any atom is 0.130 e. The van der Waals surface area contributed by atoms with Crippen LogP contribution in [0.1, 0.15) is 11.8 Å². The van der Waals surface area contributed by atoms with Crippen molar-refractivity contribution in [3.8, 4) is 0 Å². The van der Waals surface area contributed by atoms with E-state index in [4.69, 9.17) is 4.42 Å². The molecule has 1 N–H and O–H groups in total. The van der Waals surface area contributed by atoms with E-state index in [-0.39, 0.29) is 6.04 Å². The van der Waals surface area contributed by atoms with E-state index < -0.39 is 0 Å². The van der Waals surface area contributed by atoms with Gasteiger partial charge in [0.05, 0.1) is 12.8 Å². The van der Waals surface area contributed by atoms with Crippen molar-refractivity contribution in [2.75, 3.05) is 13.6 Å². The molecule has 2 aliphatic heterocycles. The second-order valence-electron chi connectivity index (χ2n) is 3.84. The van der Waals surface area contributed by atoms with E-state index in [9.17, 15) is 0 Å². The summed E-state index contributed by atoms with van der Waals surface area (Å²) >= 11 is 0. The fraction of sp³-hybridized carbons (Fsp3) is 0.250. The first kappa shape index (κ1) is 9.27. The molecular formula is C12H13N3O. The summed E-state index contributed by atoms with van der Waals surface area (Å²) in [5.74, 6) is 1.92. The molecule has 3 rings (SSSR count). The molecule has 0 aliphatic carbocycles. The van der Waals surface area contributed by atoms with E-state index in [1.807, 2.05) is 37.5 Å². The lowest BCUT2D eigenvalue weighted by molar-refractivity contribution is 0.443. The highest BCUT2D eigenvalue weighted by molar-refractivity contribution is 5.97. The number of nitrogens with one attached hydrogen (secondary N) is 1. The number of hydrogen-bond acceptors (Lipinski definition) is 4. The van der Waals surface area contributed by atoms with Gasteiger partial charge in [0.1, 0.15) is 17.6 Å².